The molecule has 12 heteroatoms. The van der Waals surface area contributed by atoms with Gasteiger partial charge in [0.25, 0.3) is 10.0 Å². The fourth-order valence-corrected chi connectivity index (χ4v) is 3.95. The minimum Gasteiger partial charge on any atom is -0.360 e. The van der Waals surface area contributed by atoms with Crippen LogP contribution in [0, 0.1) is 5.82 Å². The first-order valence-corrected chi connectivity index (χ1v) is 9.43. The highest BCUT2D eigenvalue weighted by molar-refractivity contribution is 7.93. The minimum atomic E-state index is -4.80. The molecule has 2 N–H and O–H groups in total. The zero-order chi connectivity index (χ0) is 20.8. The van der Waals surface area contributed by atoms with Crippen LogP contribution < -0.4 is 4.72 Å². The number of nitrogens with one attached hydrogen (secondary N) is 2. The number of H-pyrrole nitrogens is 1. The first-order valence-electron chi connectivity index (χ1n) is 7.95. The van der Waals surface area contributed by atoms with Gasteiger partial charge in [0.2, 0.25) is 5.82 Å². The molecular weight excluding hydrogens is 416 g/mol. The highest BCUT2D eigenvalue weighted by Crippen LogP contribution is 2.31. The molecule has 0 radical (unpaired) electrons. The van der Waals surface area contributed by atoms with Gasteiger partial charge in [-0.3, -0.25) is 4.72 Å². The van der Waals surface area contributed by atoms with Gasteiger partial charge in [-0.2, -0.15) is 18.2 Å². The Kier molecular flexibility index (Phi) is 4.30. The third-order valence-corrected chi connectivity index (χ3v) is 5.36. The Labute approximate surface area is 160 Å². The van der Waals surface area contributed by atoms with Gasteiger partial charge in [-0.25, -0.2) is 12.8 Å². The lowest BCUT2D eigenvalue weighted by Crippen LogP contribution is -2.12. The van der Waals surface area contributed by atoms with Gasteiger partial charge in [-0.15, -0.1) is 0 Å². The quantitative estimate of drug-likeness (QED) is 0.477. The number of benzene rings is 2. The van der Waals surface area contributed by atoms with Crippen molar-refractivity contribution in [1.29, 1.82) is 0 Å². The first-order chi connectivity index (χ1) is 13.6. The predicted octanol–water partition coefficient (Wildman–Crippen LogP) is 4.18. The minimum absolute atomic E-state index is 0.0200. The molecule has 2 aromatic carbocycles. The average Bonchev–Trinajstić information content (AvgIpc) is 3.30. The third kappa shape index (κ3) is 3.53. The Balaban J connectivity index is 1.68. The van der Waals surface area contributed by atoms with Crippen LogP contribution in [-0.2, 0) is 16.2 Å². The molecule has 0 saturated carbocycles. The van der Waals surface area contributed by atoms with Crippen LogP contribution in [0.25, 0.3) is 22.3 Å². The van der Waals surface area contributed by atoms with E-state index in [1.807, 2.05) is 0 Å². The Morgan fingerprint density at radius 1 is 1.10 bits per heavy atom. The van der Waals surface area contributed by atoms with Gasteiger partial charge < -0.3 is 9.51 Å². The summed E-state index contributed by atoms with van der Waals surface area (Å²) in [7, 11) is -4.20. The molecule has 0 amide bonds. The Morgan fingerprint density at radius 2 is 1.86 bits per heavy atom. The molecule has 0 bridgehead atoms. The summed E-state index contributed by atoms with van der Waals surface area (Å²) in [5.41, 5.74) is 0.409. The standard InChI is InChI=1S/C17H10F4N4O3S/c18-11-5-2-6-12-14(11)13(8-22-12)29(26,27)25-10-4-1-3-9(7-10)15-23-16(28-24-15)17(19,20)21/h1-8,22,25H. The number of halogens is 4. The van der Waals surface area contributed by atoms with Crippen LogP contribution in [0.2, 0.25) is 0 Å². The van der Waals surface area contributed by atoms with Gasteiger partial charge in [-0.1, -0.05) is 23.4 Å². The molecular formula is C17H10F4N4O3S. The van der Waals surface area contributed by atoms with Crippen LogP contribution in [-0.4, -0.2) is 23.5 Å². The molecule has 0 unspecified atom stereocenters. The predicted molar refractivity (Wildman–Crippen MR) is 93.8 cm³/mol. The van der Waals surface area contributed by atoms with E-state index in [0.717, 1.165) is 12.3 Å². The van der Waals surface area contributed by atoms with E-state index < -0.39 is 27.9 Å². The van der Waals surface area contributed by atoms with Crippen molar-refractivity contribution >= 4 is 26.6 Å². The summed E-state index contributed by atoms with van der Waals surface area (Å²) in [5, 5.41) is 3.15. The molecule has 2 heterocycles. The summed E-state index contributed by atoms with van der Waals surface area (Å²) >= 11 is 0. The lowest BCUT2D eigenvalue weighted by atomic mass is 10.2. The number of anilines is 1. The van der Waals surface area contributed by atoms with E-state index >= 15 is 0 Å². The van der Waals surface area contributed by atoms with Crippen LogP contribution in [0.15, 0.2) is 58.1 Å². The second kappa shape index (κ2) is 6.58. The lowest BCUT2D eigenvalue weighted by molar-refractivity contribution is -0.159. The van der Waals surface area contributed by atoms with Gasteiger partial charge >= 0.3 is 12.1 Å². The van der Waals surface area contributed by atoms with Crippen molar-refractivity contribution in [2.75, 3.05) is 4.72 Å². The molecule has 7 nitrogen and oxygen atoms in total. The molecule has 0 saturated heterocycles. The van der Waals surface area contributed by atoms with E-state index in [2.05, 4.69) is 24.4 Å². The van der Waals surface area contributed by atoms with Gasteiger partial charge in [0.1, 0.15) is 10.7 Å². The van der Waals surface area contributed by atoms with Crippen molar-refractivity contribution < 1.29 is 30.5 Å². The van der Waals surface area contributed by atoms with Crippen LogP contribution in [0.3, 0.4) is 0 Å². The molecule has 150 valence electrons. The maximum absolute atomic E-state index is 14.1. The fourth-order valence-electron chi connectivity index (χ4n) is 2.71. The number of alkyl halides is 3. The highest BCUT2D eigenvalue weighted by Gasteiger charge is 2.38. The van der Waals surface area contributed by atoms with Crippen LogP contribution in [0.4, 0.5) is 23.2 Å². The van der Waals surface area contributed by atoms with Crippen LogP contribution in [0.5, 0.6) is 0 Å². The summed E-state index contributed by atoms with van der Waals surface area (Å²) in [4.78, 5) is 5.62. The normalized spacial score (nSPS) is 12.4. The number of aromatic nitrogens is 3. The van der Waals surface area contributed by atoms with Crippen molar-refractivity contribution in [1.82, 2.24) is 15.1 Å². The number of rotatable bonds is 4. The van der Waals surface area contributed by atoms with E-state index in [0.29, 0.717) is 5.52 Å². The molecule has 4 aromatic rings. The Bertz CT molecular complexity index is 1310. The molecule has 2 aromatic heterocycles. The summed E-state index contributed by atoms with van der Waals surface area (Å²) in [6, 6.07) is 9.46. The number of hydrogen-bond acceptors (Lipinski definition) is 5. The summed E-state index contributed by atoms with van der Waals surface area (Å²) in [6.07, 6.45) is -3.65. The largest absolute Gasteiger partial charge is 0.471 e. The van der Waals surface area contributed by atoms with Gasteiger partial charge in [0, 0.05) is 23.0 Å². The molecule has 4 rings (SSSR count). The third-order valence-electron chi connectivity index (χ3n) is 3.95. The molecule has 0 spiro atoms. The van der Waals surface area contributed by atoms with E-state index in [-0.39, 0.29) is 27.4 Å². The molecule has 0 fully saturated rings. The number of sulfonamides is 1. The van der Waals surface area contributed by atoms with Crippen LogP contribution >= 0.6 is 0 Å². The summed E-state index contributed by atoms with van der Waals surface area (Å²) < 4.78 is 83.8. The molecule has 0 atom stereocenters. The number of hydrogen-bond donors (Lipinski definition) is 2. The van der Waals surface area contributed by atoms with Gasteiger partial charge in [0.05, 0.1) is 5.39 Å². The van der Waals surface area contributed by atoms with Crippen molar-refractivity contribution in [3.63, 3.8) is 0 Å². The lowest BCUT2D eigenvalue weighted by Gasteiger charge is -2.08. The maximum Gasteiger partial charge on any atom is 0.471 e. The topological polar surface area (TPSA) is 101 Å². The van der Waals surface area contributed by atoms with Crippen molar-refractivity contribution in [2.24, 2.45) is 0 Å². The number of fused-ring (bicyclic) bond motifs is 1. The second-order valence-electron chi connectivity index (χ2n) is 5.92. The van der Waals surface area contributed by atoms with Crippen molar-refractivity contribution in [3.05, 3.63) is 60.4 Å². The number of nitrogens with zero attached hydrogens (tertiary/aromatic N) is 2. The average molecular weight is 426 g/mol. The Hall–Kier alpha value is -3.41. The zero-order valence-electron chi connectivity index (χ0n) is 14.2. The van der Waals surface area contributed by atoms with E-state index in [1.165, 1.54) is 36.4 Å². The van der Waals surface area contributed by atoms with Gasteiger partial charge in [-0.05, 0) is 24.3 Å². The van der Waals surface area contributed by atoms with Crippen molar-refractivity contribution in [2.45, 2.75) is 11.1 Å². The Morgan fingerprint density at radius 3 is 2.59 bits per heavy atom. The summed E-state index contributed by atoms with van der Waals surface area (Å²) in [6.45, 7) is 0. The second-order valence-corrected chi connectivity index (χ2v) is 7.57. The van der Waals surface area contributed by atoms with Crippen LogP contribution in [0.1, 0.15) is 5.89 Å². The van der Waals surface area contributed by atoms with Crippen molar-refractivity contribution in [3.8, 4) is 11.4 Å². The maximum atomic E-state index is 14.1. The monoisotopic (exact) mass is 426 g/mol. The van der Waals surface area contributed by atoms with E-state index in [9.17, 15) is 26.0 Å². The van der Waals surface area contributed by atoms with E-state index in [4.69, 9.17) is 0 Å². The smallest absolute Gasteiger partial charge is 0.360 e. The molecule has 0 aliphatic rings. The number of aromatic amines is 1. The highest BCUT2D eigenvalue weighted by atomic mass is 32.2. The first kappa shape index (κ1) is 18.9. The van der Waals surface area contributed by atoms with Gasteiger partial charge in [0.15, 0.2) is 0 Å². The van der Waals surface area contributed by atoms with E-state index in [1.54, 1.807) is 0 Å². The molecule has 0 aliphatic carbocycles. The zero-order valence-corrected chi connectivity index (χ0v) is 15.0. The fraction of sp³-hybridized carbons (Fsp3) is 0.0588. The molecule has 0 aliphatic heterocycles. The molecule has 29 heavy (non-hydrogen) atoms. The SMILES string of the molecule is O=S(=O)(Nc1cccc(-c2noc(C(F)(F)F)n2)c1)c1c[nH]c2cccc(F)c12. The summed E-state index contributed by atoms with van der Waals surface area (Å²) in [5.74, 6) is -2.60.